The Morgan fingerprint density at radius 1 is 1.38 bits per heavy atom. The molecule has 0 atom stereocenters. The number of anilines is 1. The van der Waals surface area contributed by atoms with E-state index in [-0.39, 0.29) is 5.69 Å². The number of hydrazine groups is 1. The van der Waals surface area contributed by atoms with Crippen molar-refractivity contribution in [2.24, 2.45) is 0 Å². The molecule has 0 unspecified atom stereocenters. The second-order valence-corrected chi connectivity index (χ2v) is 3.86. The minimum Gasteiger partial charge on any atom is -0.476 e. The summed E-state index contributed by atoms with van der Waals surface area (Å²) in [5.74, 6) is -1.000. The summed E-state index contributed by atoms with van der Waals surface area (Å²) >= 11 is 0. The van der Waals surface area contributed by atoms with E-state index in [0.29, 0.717) is 5.69 Å². The lowest BCUT2D eigenvalue weighted by Gasteiger charge is -2.28. The van der Waals surface area contributed by atoms with Gasteiger partial charge in [-0.1, -0.05) is 6.42 Å². The van der Waals surface area contributed by atoms with Crippen LogP contribution in [0.2, 0.25) is 0 Å². The highest BCUT2D eigenvalue weighted by Crippen LogP contribution is 2.15. The van der Waals surface area contributed by atoms with E-state index in [1.165, 1.54) is 12.6 Å². The fourth-order valence-corrected chi connectivity index (χ4v) is 1.84. The highest BCUT2D eigenvalue weighted by Gasteiger charge is 2.15. The molecule has 0 saturated carbocycles. The largest absolute Gasteiger partial charge is 0.476 e. The van der Waals surface area contributed by atoms with Gasteiger partial charge in [-0.05, 0) is 25.0 Å². The maximum absolute atomic E-state index is 10.9. The van der Waals surface area contributed by atoms with Gasteiger partial charge in [0.05, 0.1) is 5.69 Å². The van der Waals surface area contributed by atoms with Crippen molar-refractivity contribution in [2.75, 3.05) is 18.5 Å². The van der Waals surface area contributed by atoms with E-state index in [0.717, 1.165) is 25.9 Å². The summed E-state index contributed by atoms with van der Waals surface area (Å²) < 4.78 is 0. The van der Waals surface area contributed by atoms with Crippen molar-refractivity contribution in [2.45, 2.75) is 19.3 Å². The summed E-state index contributed by atoms with van der Waals surface area (Å²) in [6.45, 7) is 1.90. The molecule has 16 heavy (non-hydrogen) atoms. The Balaban J connectivity index is 2.10. The van der Waals surface area contributed by atoms with Crippen molar-refractivity contribution >= 4 is 11.7 Å². The van der Waals surface area contributed by atoms with Gasteiger partial charge in [0.1, 0.15) is 0 Å². The van der Waals surface area contributed by atoms with Crippen LogP contribution in [-0.2, 0) is 0 Å². The average Bonchev–Trinajstić information content (AvgIpc) is 2.31. The molecule has 5 heteroatoms. The molecule has 86 valence electrons. The van der Waals surface area contributed by atoms with Crippen LogP contribution in [0.3, 0.4) is 0 Å². The van der Waals surface area contributed by atoms with Gasteiger partial charge in [-0.3, -0.25) is 0 Å². The van der Waals surface area contributed by atoms with E-state index in [4.69, 9.17) is 5.11 Å². The first-order valence-corrected chi connectivity index (χ1v) is 5.47. The topological polar surface area (TPSA) is 65.5 Å². The second kappa shape index (κ2) is 4.94. The van der Waals surface area contributed by atoms with E-state index in [1.54, 1.807) is 12.1 Å². The van der Waals surface area contributed by atoms with Crippen LogP contribution >= 0.6 is 0 Å². The first-order chi connectivity index (χ1) is 7.77. The molecule has 2 heterocycles. The zero-order chi connectivity index (χ0) is 11.4. The first-order valence-electron chi connectivity index (χ1n) is 5.47. The third kappa shape index (κ3) is 2.49. The van der Waals surface area contributed by atoms with Gasteiger partial charge in [0.2, 0.25) is 0 Å². The number of pyridine rings is 1. The summed E-state index contributed by atoms with van der Waals surface area (Å²) in [4.78, 5) is 14.8. The van der Waals surface area contributed by atoms with Crippen LogP contribution in [0.25, 0.3) is 0 Å². The molecule has 0 amide bonds. The van der Waals surface area contributed by atoms with Crippen LogP contribution in [0.15, 0.2) is 18.3 Å². The Morgan fingerprint density at radius 2 is 2.12 bits per heavy atom. The molecule has 0 spiro atoms. The maximum atomic E-state index is 10.9. The highest BCUT2D eigenvalue weighted by atomic mass is 16.4. The van der Waals surface area contributed by atoms with Crippen molar-refractivity contribution in [1.82, 2.24) is 9.99 Å². The van der Waals surface area contributed by atoms with Crippen LogP contribution in [-0.4, -0.2) is 34.2 Å². The summed E-state index contributed by atoms with van der Waals surface area (Å²) in [7, 11) is 0. The number of piperidine rings is 1. The minimum atomic E-state index is -1.000. The Kier molecular flexibility index (Phi) is 3.36. The molecule has 2 rings (SSSR count). The molecule has 1 saturated heterocycles. The molecule has 0 aliphatic carbocycles. The zero-order valence-electron chi connectivity index (χ0n) is 9.02. The summed E-state index contributed by atoms with van der Waals surface area (Å²) in [6, 6.07) is 3.48. The Labute approximate surface area is 94.1 Å². The lowest BCUT2D eigenvalue weighted by molar-refractivity contribution is 0.0691. The lowest BCUT2D eigenvalue weighted by Crippen LogP contribution is -2.35. The number of carboxylic acid groups (broad SMARTS) is 1. The van der Waals surface area contributed by atoms with Crippen molar-refractivity contribution in [3.8, 4) is 0 Å². The molecule has 1 aromatic heterocycles. The number of aromatic nitrogens is 1. The van der Waals surface area contributed by atoms with E-state index in [2.05, 4.69) is 10.4 Å². The number of nitrogens with one attached hydrogen (secondary N) is 1. The van der Waals surface area contributed by atoms with Crippen molar-refractivity contribution in [1.29, 1.82) is 0 Å². The number of hydrogen-bond acceptors (Lipinski definition) is 4. The van der Waals surface area contributed by atoms with Gasteiger partial charge in [0.15, 0.2) is 5.69 Å². The Morgan fingerprint density at radius 3 is 2.81 bits per heavy atom. The predicted molar refractivity (Wildman–Crippen MR) is 60.2 cm³/mol. The smallest absolute Gasteiger partial charge is 0.356 e. The quantitative estimate of drug-likeness (QED) is 0.811. The maximum Gasteiger partial charge on any atom is 0.356 e. The van der Waals surface area contributed by atoms with Crippen LogP contribution in [0.5, 0.6) is 0 Å². The lowest BCUT2D eigenvalue weighted by atomic mass is 10.2. The van der Waals surface area contributed by atoms with Crippen LogP contribution in [0.4, 0.5) is 5.69 Å². The standard InChI is InChI=1S/C11H15N3O2/c15-11(16)10-9(5-4-6-12-10)13-14-7-2-1-3-8-14/h4-6,13H,1-3,7-8H2,(H,15,16). The van der Waals surface area contributed by atoms with Crippen LogP contribution in [0, 0.1) is 0 Å². The van der Waals surface area contributed by atoms with Gasteiger partial charge < -0.3 is 10.5 Å². The van der Waals surface area contributed by atoms with E-state index in [9.17, 15) is 4.79 Å². The predicted octanol–water partition coefficient (Wildman–Crippen LogP) is 1.59. The van der Waals surface area contributed by atoms with Crippen molar-refractivity contribution < 1.29 is 9.90 Å². The molecule has 1 aliphatic heterocycles. The van der Waals surface area contributed by atoms with Gasteiger partial charge in [-0.15, -0.1) is 0 Å². The van der Waals surface area contributed by atoms with Gasteiger partial charge in [-0.2, -0.15) is 0 Å². The summed E-state index contributed by atoms with van der Waals surface area (Å²) in [5.41, 5.74) is 3.76. The first kappa shape index (κ1) is 10.9. The number of rotatable bonds is 3. The number of carboxylic acids is 1. The van der Waals surface area contributed by atoms with Gasteiger partial charge in [0.25, 0.3) is 0 Å². The summed E-state index contributed by atoms with van der Waals surface area (Å²) in [5, 5.41) is 11.0. The molecule has 0 radical (unpaired) electrons. The zero-order valence-corrected chi connectivity index (χ0v) is 9.02. The number of carbonyl (C=O) groups is 1. The average molecular weight is 221 g/mol. The van der Waals surface area contributed by atoms with E-state index < -0.39 is 5.97 Å². The Bertz CT molecular complexity index is 375. The molecule has 2 N–H and O–H groups in total. The molecule has 0 aromatic carbocycles. The third-order valence-corrected chi connectivity index (χ3v) is 2.64. The van der Waals surface area contributed by atoms with E-state index >= 15 is 0 Å². The summed E-state index contributed by atoms with van der Waals surface area (Å²) in [6.07, 6.45) is 5.03. The number of hydrogen-bond donors (Lipinski definition) is 2. The van der Waals surface area contributed by atoms with Gasteiger partial charge >= 0.3 is 5.97 Å². The molecule has 1 fully saturated rings. The molecule has 1 aliphatic rings. The van der Waals surface area contributed by atoms with Crippen LogP contribution in [0.1, 0.15) is 29.8 Å². The molecular formula is C11H15N3O2. The fraction of sp³-hybridized carbons (Fsp3) is 0.455. The molecular weight excluding hydrogens is 206 g/mol. The van der Waals surface area contributed by atoms with Gasteiger partial charge in [-0.25, -0.2) is 14.8 Å². The molecule has 0 bridgehead atoms. The number of nitrogens with zero attached hydrogens (tertiary/aromatic N) is 2. The monoisotopic (exact) mass is 221 g/mol. The third-order valence-electron chi connectivity index (χ3n) is 2.64. The highest BCUT2D eigenvalue weighted by molar-refractivity contribution is 5.91. The normalized spacial score (nSPS) is 17.0. The SMILES string of the molecule is O=C(O)c1ncccc1NN1CCCCC1. The van der Waals surface area contributed by atoms with Crippen molar-refractivity contribution in [3.63, 3.8) is 0 Å². The fourth-order valence-electron chi connectivity index (χ4n) is 1.84. The van der Waals surface area contributed by atoms with E-state index in [1.807, 2.05) is 5.01 Å². The van der Waals surface area contributed by atoms with Crippen molar-refractivity contribution in [3.05, 3.63) is 24.0 Å². The van der Waals surface area contributed by atoms with Crippen LogP contribution < -0.4 is 5.43 Å². The molecule has 1 aromatic rings. The Hall–Kier alpha value is -1.62. The second-order valence-electron chi connectivity index (χ2n) is 3.86. The number of aromatic carboxylic acids is 1. The molecule has 5 nitrogen and oxygen atoms in total. The van der Waals surface area contributed by atoms with Gasteiger partial charge in [0, 0.05) is 19.3 Å². The minimum absolute atomic E-state index is 0.0769.